The van der Waals surface area contributed by atoms with Crippen LogP contribution in [0.25, 0.3) is 0 Å². The van der Waals surface area contributed by atoms with Gasteiger partial charge in [0, 0.05) is 47.3 Å². The number of hydrogen-bond donors (Lipinski definition) is 2. The van der Waals surface area contributed by atoms with Crippen molar-refractivity contribution in [1.82, 2.24) is 24.8 Å². The van der Waals surface area contributed by atoms with Crippen LogP contribution in [0.5, 0.6) is 0 Å². The normalized spacial score (nSPS) is 23.5. The summed E-state index contributed by atoms with van der Waals surface area (Å²) in [7, 11) is 4.53. The van der Waals surface area contributed by atoms with E-state index in [1.54, 1.807) is 0 Å². The zero-order chi connectivity index (χ0) is 29.2. The molecule has 39 heavy (non-hydrogen) atoms. The minimum absolute atomic E-state index is 0.0932. The summed E-state index contributed by atoms with van der Waals surface area (Å²) in [5.41, 5.74) is 0.378. The molecular formula is C31H60N8. The van der Waals surface area contributed by atoms with E-state index in [1.165, 1.54) is 0 Å². The summed E-state index contributed by atoms with van der Waals surface area (Å²) in [5.74, 6) is 2.20. The van der Waals surface area contributed by atoms with Gasteiger partial charge in [-0.1, -0.05) is 26.7 Å². The lowest BCUT2D eigenvalue weighted by atomic mass is 9.77. The van der Waals surface area contributed by atoms with Crippen LogP contribution in [0.15, 0.2) is 0 Å². The number of hydrogen-bond acceptors (Lipinski definition) is 8. The van der Waals surface area contributed by atoms with Crippen molar-refractivity contribution in [1.29, 1.82) is 0 Å². The van der Waals surface area contributed by atoms with Crippen LogP contribution < -0.4 is 15.5 Å². The smallest absolute Gasteiger partial charge is 0.232 e. The highest BCUT2D eigenvalue weighted by Crippen LogP contribution is 2.41. The molecule has 3 heterocycles. The average Bonchev–Trinajstić information content (AvgIpc) is 2.80. The molecule has 0 radical (unpaired) electrons. The van der Waals surface area contributed by atoms with Gasteiger partial charge in [0.2, 0.25) is 17.8 Å². The molecule has 2 aliphatic heterocycles. The Hall–Kier alpha value is -1.67. The van der Waals surface area contributed by atoms with Crippen LogP contribution in [0.1, 0.15) is 121 Å². The van der Waals surface area contributed by atoms with E-state index in [-0.39, 0.29) is 22.2 Å². The van der Waals surface area contributed by atoms with Gasteiger partial charge in [-0.05, 0) is 108 Å². The quantitative estimate of drug-likeness (QED) is 0.310. The summed E-state index contributed by atoms with van der Waals surface area (Å²) in [6.45, 7) is 25.2. The molecule has 2 aliphatic rings. The molecule has 0 bridgehead atoms. The van der Waals surface area contributed by atoms with Crippen LogP contribution in [0, 0.1) is 0 Å². The standard InChI is InChI=1S/C31H60N8/c1-13-15-17-32-25-34-26(33-23-19-28(3,4)37(11)29(5,6)20-23)36-27(35-25)39(18-16-14-2)24-21-30(7,8)38(12)31(9,10)22-24/h23-24H,13-22H2,1-12H3,(H2,32,33,34,35,36). The van der Waals surface area contributed by atoms with Crippen LogP contribution in [0.3, 0.4) is 0 Å². The minimum atomic E-state index is 0.0932. The number of nitrogens with zero attached hydrogens (tertiary/aromatic N) is 6. The molecule has 1 aromatic heterocycles. The first kappa shape index (κ1) is 31.9. The van der Waals surface area contributed by atoms with Gasteiger partial charge in [-0.2, -0.15) is 15.0 Å². The van der Waals surface area contributed by atoms with Crippen molar-refractivity contribution in [2.45, 2.75) is 155 Å². The first-order valence-electron chi connectivity index (χ1n) is 15.5. The fraction of sp³-hybridized carbons (Fsp3) is 0.903. The fourth-order valence-corrected chi connectivity index (χ4v) is 6.98. The van der Waals surface area contributed by atoms with Crippen LogP contribution in [0.4, 0.5) is 17.8 Å². The van der Waals surface area contributed by atoms with Gasteiger partial charge in [-0.3, -0.25) is 9.80 Å². The number of nitrogens with one attached hydrogen (secondary N) is 2. The molecule has 8 nitrogen and oxygen atoms in total. The molecule has 0 saturated carbocycles. The zero-order valence-corrected chi connectivity index (χ0v) is 27.4. The molecular weight excluding hydrogens is 484 g/mol. The first-order chi connectivity index (χ1) is 18.0. The predicted molar refractivity (Wildman–Crippen MR) is 167 cm³/mol. The van der Waals surface area contributed by atoms with Gasteiger partial charge in [0.05, 0.1) is 0 Å². The van der Waals surface area contributed by atoms with Crippen molar-refractivity contribution in [2.75, 3.05) is 42.7 Å². The molecule has 2 fully saturated rings. The molecule has 0 aromatic carbocycles. The summed E-state index contributed by atoms with van der Waals surface area (Å²) in [6.07, 6.45) is 8.76. The van der Waals surface area contributed by atoms with E-state index < -0.39 is 0 Å². The Labute approximate surface area is 240 Å². The van der Waals surface area contributed by atoms with Gasteiger partial charge >= 0.3 is 0 Å². The molecule has 2 saturated heterocycles. The topological polar surface area (TPSA) is 72.5 Å². The van der Waals surface area contributed by atoms with Crippen molar-refractivity contribution in [3.63, 3.8) is 0 Å². The molecule has 8 heteroatoms. The number of rotatable bonds is 11. The highest BCUT2D eigenvalue weighted by Gasteiger charge is 2.46. The predicted octanol–water partition coefficient (Wildman–Crippen LogP) is 6.40. The minimum Gasteiger partial charge on any atom is -0.354 e. The molecule has 224 valence electrons. The van der Waals surface area contributed by atoms with Crippen molar-refractivity contribution in [3.8, 4) is 0 Å². The lowest BCUT2D eigenvalue weighted by molar-refractivity contribution is -0.0129. The van der Waals surface area contributed by atoms with Gasteiger partial charge in [-0.15, -0.1) is 0 Å². The lowest BCUT2D eigenvalue weighted by Crippen LogP contribution is -2.63. The van der Waals surface area contributed by atoms with E-state index in [4.69, 9.17) is 15.0 Å². The molecule has 0 unspecified atom stereocenters. The number of aromatic nitrogens is 3. The average molecular weight is 545 g/mol. The highest BCUT2D eigenvalue weighted by atomic mass is 15.4. The van der Waals surface area contributed by atoms with Crippen molar-refractivity contribution >= 4 is 17.8 Å². The summed E-state index contributed by atoms with van der Waals surface area (Å²) >= 11 is 0. The second-order valence-electron chi connectivity index (χ2n) is 14.8. The summed E-state index contributed by atoms with van der Waals surface area (Å²) in [6, 6.07) is 0.674. The lowest BCUT2D eigenvalue weighted by Gasteiger charge is -2.55. The second kappa shape index (κ2) is 12.1. The summed E-state index contributed by atoms with van der Waals surface area (Å²) in [4.78, 5) is 22.6. The number of anilines is 3. The van der Waals surface area contributed by atoms with E-state index in [1.807, 2.05) is 0 Å². The third-order valence-electron chi connectivity index (χ3n) is 9.81. The zero-order valence-electron chi connectivity index (χ0n) is 27.4. The van der Waals surface area contributed by atoms with Crippen molar-refractivity contribution in [3.05, 3.63) is 0 Å². The Kier molecular flexibility index (Phi) is 9.85. The monoisotopic (exact) mass is 544 g/mol. The van der Waals surface area contributed by atoms with Gasteiger partial charge in [-0.25, -0.2) is 0 Å². The summed E-state index contributed by atoms with van der Waals surface area (Å²) < 4.78 is 0. The molecule has 1 aromatic rings. The Morgan fingerprint density at radius 3 is 1.72 bits per heavy atom. The number of unbranched alkanes of at least 4 members (excludes halogenated alkanes) is 2. The molecule has 3 rings (SSSR count). The Morgan fingerprint density at radius 1 is 0.718 bits per heavy atom. The number of likely N-dealkylation sites (tertiary alicyclic amines) is 2. The maximum Gasteiger partial charge on any atom is 0.232 e. The molecule has 0 spiro atoms. The van der Waals surface area contributed by atoms with Gasteiger partial charge in [0.15, 0.2) is 0 Å². The van der Waals surface area contributed by atoms with E-state index in [2.05, 4.69) is 109 Å². The largest absolute Gasteiger partial charge is 0.354 e. The van der Waals surface area contributed by atoms with Gasteiger partial charge in [0.1, 0.15) is 0 Å². The fourth-order valence-electron chi connectivity index (χ4n) is 6.98. The SMILES string of the molecule is CCCCNc1nc(NC2CC(C)(C)N(C)C(C)(C)C2)nc(N(CCCC)C2CC(C)(C)N(C)C(C)(C)C2)n1. The maximum atomic E-state index is 5.14. The molecule has 2 N–H and O–H groups in total. The number of piperidine rings is 2. The van der Waals surface area contributed by atoms with Crippen LogP contribution in [0.2, 0.25) is 0 Å². The van der Waals surface area contributed by atoms with E-state index in [9.17, 15) is 0 Å². The van der Waals surface area contributed by atoms with Gasteiger partial charge in [0.25, 0.3) is 0 Å². The molecule has 0 aliphatic carbocycles. The highest BCUT2D eigenvalue weighted by molar-refractivity contribution is 5.45. The van der Waals surface area contributed by atoms with E-state index >= 15 is 0 Å². The van der Waals surface area contributed by atoms with Crippen LogP contribution in [-0.2, 0) is 0 Å². The Morgan fingerprint density at radius 2 is 1.21 bits per heavy atom. The summed E-state index contributed by atoms with van der Waals surface area (Å²) in [5, 5.41) is 7.28. The molecule has 0 amide bonds. The van der Waals surface area contributed by atoms with Crippen molar-refractivity contribution < 1.29 is 0 Å². The second-order valence-corrected chi connectivity index (χ2v) is 14.8. The van der Waals surface area contributed by atoms with Crippen molar-refractivity contribution in [2.24, 2.45) is 0 Å². The van der Waals surface area contributed by atoms with E-state index in [0.717, 1.165) is 70.4 Å². The first-order valence-corrected chi connectivity index (χ1v) is 15.5. The Bertz CT molecular complexity index is 905. The third kappa shape index (κ3) is 7.55. The maximum absolute atomic E-state index is 5.14. The van der Waals surface area contributed by atoms with E-state index in [0.29, 0.717) is 24.0 Å². The molecule has 0 atom stereocenters. The van der Waals surface area contributed by atoms with Gasteiger partial charge < -0.3 is 15.5 Å². The third-order valence-corrected chi connectivity index (χ3v) is 9.81. The Balaban J connectivity index is 1.98. The van der Waals surface area contributed by atoms with Crippen LogP contribution in [-0.4, -0.2) is 86.2 Å². The van der Waals surface area contributed by atoms with Crippen LogP contribution >= 0.6 is 0 Å².